The molecule has 1 aromatic carbocycles. The van der Waals surface area contributed by atoms with Gasteiger partial charge in [0.2, 0.25) is 0 Å². The molecule has 5 heteroatoms. The van der Waals surface area contributed by atoms with Crippen molar-refractivity contribution < 1.29 is 0 Å². The number of hydrogen-bond donors (Lipinski definition) is 3. The lowest BCUT2D eigenvalue weighted by atomic mass is 10.1. The Morgan fingerprint density at radius 1 is 1.28 bits per heavy atom. The van der Waals surface area contributed by atoms with Crippen molar-refractivity contribution >= 4 is 35.8 Å². The summed E-state index contributed by atoms with van der Waals surface area (Å²) in [6.45, 7) is 3.97. The highest BCUT2D eigenvalue weighted by Gasteiger charge is 2.05. The maximum absolute atomic E-state index is 5.90. The summed E-state index contributed by atoms with van der Waals surface area (Å²) < 4.78 is 0.866. The number of benzene rings is 1. The first-order valence-electron chi connectivity index (χ1n) is 5.30. The number of hydrogen-bond acceptors (Lipinski definition) is 4. The zero-order chi connectivity index (χ0) is 13.1. The van der Waals surface area contributed by atoms with Crippen molar-refractivity contribution in [2.75, 3.05) is 5.73 Å². The number of nitrogens with zero attached hydrogens (tertiary/aromatic N) is 1. The summed E-state index contributed by atoms with van der Waals surface area (Å²) in [4.78, 5) is 3.92. The van der Waals surface area contributed by atoms with E-state index in [4.69, 9.17) is 17.2 Å². The number of thiophene rings is 1. The standard InChI is InChI=1S/C13H14N4S/c1-8-12(13(16)17-7-14)11(6-18-8)9-2-4-10(15)5-3-9/h2-7H,1,15-16H2,(H2,14,17)/b13-12+. The van der Waals surface area contributed by atoms with Crippen LogP contribution in [0.4, 0.5) is 5.69 Å². The summed E-state index contributed by atoms with van der Waals surface area (Å²) in [6, 6.07) is 7.59. The Hall–Kier alpha value is -2.27. The van der Waals surface area contributed by atoms with Crippen LogP contribution in [0.2, 0.25) is 0 Å². The van der Waals surface area contributed by atoms with E-state index in [2.05, 4.69) is 11.6 Å². The molecule has 0 fully saturated rings. The fourth-order valence-electron chi connectivity index (χ4n) is 1.70. The van der Waals surface area contributed by atoms with Gasteiger partial charge in [-0.2, -0.15) is 0 Å². The summed E-state index contributed by atoms with van der Waals surface area (Å²) in [6.07, 6.45) is 1.18. The first-order valence-corrected chi connectivity index (χ1v) is 6.18. The van der Waals surface area contributed by atoms with E-state index in [1.807, 2.05) is 29.6 Å². The Bertz CT molecular complexity index is 683. The summed E-state index contributed by atoms with van der Waals surface area (Å²) in [5.41, 5.74) is 19.6. The molecule has 0 radical (unpaired) electrons. The molecule has 6 N–H and O–H groups in total. The van der Waals surface area contributed by atoms with Crippen molar-refractivity contribution in [2.45, 2.75) is 0 Å². The van der Waals surface area contributed by atoms with Gasteiger partial charge in [0.15, 0.2) is 0 Å². The molecule has 92 valence electrons. The molecule has 1 heterocycles. The Balaban J connectivity index is 2.71. The maximum atomic E-state index is 5.90. The molecule has 0 saturated carbocycles. The highest BCUT2D eigenvalue weighted by atomic mass is 32.1. The minimum atomic E-state index is 0.371. The smallest absolute Gasteiger partial charge is 0.134 e. The lowest BCUT2D eigenvalue weighted by Crippen LogP contribution is -2.25. The summed E-state index contributed by atoms with van der Waals surface area (Å²) in [5.74, 6) is 0.371. The molecule has 18 heavy (non-hydrogen) atoms. The average molecular weight is 258 g/mol. The van der Waals surface area contributed by atoms with Crippen molar-refractivity contribution in [2.24, 2.45) is 16.5 Å². The lowest BCUT2D eigenvalue weighted by molar-refractivity contribution is 1.39. The van der Waals surface area contributed by atoms with Crippen molar-refractivity contribution in [1.82, 2.24) is 0 Å². The molecule has 4 nitrogen and oxygen atoms in total. The van der Waals surface area contributed by atoms with Crippen molar-refractivity contribution in [3.05, 3.63) is 39.4 Å². The lowest BCUT2D eigenvalue weighted by Gasteiger charge is -2.00. The molecule has 1 aromatic heterocycles. The van der Waals surface area contributed by atoms with E-state index in [9.17, 15) is 0 Å². The van der Waals surface area contributed by atoms with Crippen LogP contribution in [0.3, 0.4) is 0 Å². The van der Waals surface area contributed by atoms with Gasteiger partial charge in [-0.1, -0.05) is 18.7 Å². The predicted octanol–water partition coefficient (Wildman–Crippen LogP) is 0.419. The van der Waals surface area contributed by atoms with E-state index in [-0.39, 0.29) is 0 Å². The van der Waals surface area contributed by atoms with Crippen LogP contribution in [0.5, 0.6) is 0 Å². The zero-order valence-electron chi connectivity index (χ0n) is 9.76. The minimum absolute atomic E-state index is 0.371. The van der Waals surface area contributed by atoms with Gasteiger partial charge in [0.25, 0.3) is 0 Å². The Labute approximate surface area is 109 Å². The third kappa shape index (κ3) is 2.21. The van der Waals surface area contributed by atoms with Crippen LogP contribution in [-0.4, -0.2) is 6.34 Å². The van der Waals surface area contributed by atoms with Gasteiger partial charge < -0.3 is 17.2 Å². The minimum Gasteiger partial charge on any atom is -0.399 e. The molecule has 2 aromatic rings. The Morgan fingerprint density at radius 2 is 1.94 bits per heavy atom. The van der Waals surface area contributed by atoms with Crippen LogP contribution in [0.25, 0.3) is 23.5 Å². The van der Waals surface area contributed by atoms with E-state index in [0.717, 1.165) is 26.6 Å². The second-order valence-electron chi connectivity index (χ2n) is 3.73. The largest absolute Gasteiger partial charge is 0.399 e. The topological polar surface area (TPSA) is 90.4 Å². The molecule has 0 unspecified atom stereocenters. The van der Waals surface area contributed by atoms with Crippen molar-refractivity contribution in [1.29, 1.82) is 0 Å². The van der Waals surface area contributed by atoms with Crippen LogP contribution in [0.1, 0.15) is 0 Å². The number of anilines is 1. The van der Waals surface area contributed by atoms with Crippen molar-refractivity contribution in [3.8, 4) is 11.1 Å². The summed E-state index contributed by atoms with van der Waals surface area (Å²) in [7, 11) is 0. The highest BCUT2D eigenvalue weighted by Crippen LogP contribution is 2.18. The maximum Gasteiger partial charge on any atom is 0.134 e. The molecule has 0 spiro atoms. The highest BCUT2D eigenvalue weighted by molar-refractivity contribution is 7.08. The van der Waals surface area contributed by atoms with Crippen LogP contribution in [0, 0.1) is 0 Å². The van der Waals surface area contributed by atoms with Crippen LogP contribution in [0.15, 0.2) is 34.6 Å². The molecular formula is C13H14N4S. The van der Waals surface area contributed by atoms with Gasteiger partial charge in [-0.3, -0.25) is 0 Å². The SMILES string of the molecule is C=c1scc(-c2ccc(N)cc2)/c1=C(N)/N=C\N. The van der Waals surface area contributed by atoms with E-state index in [1.54, 1.807) is 0 Å². The molecule has 0 atom stereocenters. The first kappa shape index (κ1) is 12.2. The van der Waals surface area contributed by atoms with Gasteiger partial charge >= 0.3 is 0 Å². The van der Waals surface area contributed by atoms with E-state index in [1.165, 1.54) is 17.7 Å². The van der Waals surface area contributed by atoms with Crippen LogP contribution in [-0.2, 0) is 0 Å². The molecule has 0 amide bonds. The second-order valence-corrected chi connectivity index (χ2v) is 4.70. The van der Waals surface area contributed by atoms with Crippen LogP contribution < -0.4 is 27.0 Å². The average Bonchev–Trinajstić information content (AvgIpc) is 2.72. The zero-order valence-corrected chi connectivity index (χ0v) is 10.6. The van der Waals surface area contributed by atoms with E-state index < -0.39 is 0 Å². The monoisotopic (exact) mass is 258 g/mol. The van der Waals surface area contributed by atoms with E-state index >= 15 is 0 Å². The third-order valence-corrected chi connectivity index (χ3v) is 3.40. The van der Waals surface area contributed by atoms with E-state index in [0.29, 0.717) is 5.82 Å². The first-order chi connectivity index (χ1) is 8.63. The van der Waals surface area contributed by atoms with Gasteiger partial charge in [0.05, 0.1) is 6.34 Å². The van der Waals surface area contributed by atoms with Gasteiger partial charge in [-0.05, 0) is 23.1 Å². The number of rotatable bonds is 2. The predicted molar refractivity (Wildman–Crippen MR) is 79.2 cm³/mol. The number of nitrogen functional groups attached to an aromatic ring is 1. The molecular weight excluding hydrogens is 244 g/mol. The van der Waals surface area contributed by atoms with Crippen molar-refractivity contribution in [3.63, 3.8) is 0 Å². The Morgan fingerprint density at radius 3 is 2.56 bits per heavy atom. The normalized spacial score (nSPS) is 12.9. The summed E-state index contributed by atoms with van der Waals surface area (Å²) >= 11 is 1.53. The molecule has 0 aliphatic rings. The quantitative estimate of drug-likeness (QED) is 0.414. The fraction of sp³-hybridized carbons (Fsp3) is 0. The van der Waals surface area contributed by atoms with Crippen LogP contribution >= 0.6 is 11.3 Å². The second kappa shape index (κ2) is 4.93. The molecule has 0 aliphatic carbocycles. The van der Waals surface area contributed by atoms with Gasteiger partial charge in [-0.25, -0.2) is 4.99 Å². The molecule has 2 rings (SSSR count). The molecule has 0 bridgehead atoms. The number of nitrogens with two attached hydrogens (primary N) is 3. The van der Waals surface area contributed by atoms with Gasteiger partial charge in [-0.15, -0.1) is 11.3 Å². The van der Waals surface area contributed by atoms with Gasteiger partial charge in [0.1, 0.15) is 5.82 Å². The Kier molecular flexibility index (Phi) is 3.34. The summed E-state index contributed by atoms with van der Waals surface area (Å²) in [5, 5.41) is 2.83. The molecule has 0 aliphatic heterocycles. The number of aliphatic imine (C=N–C) groups is 1. The van der Waals surface area contributed by atoms with Gasteiger partial charge in [0, 0.05) is 21.0 Å². The molecule has 0 saturated heterocycles. The third-order valence-electron chi connectivity index (χ3n) is 2.56. The fourth-order valence-corrected chi connectivity index (χ4v) is 2.55.